The number of carbonyl (C=O) groups is 1. The summed E-state index contributed by atoms with van der Waals surface area (Å²) in [5, 5.41) is 2.98. The van der Waals surface area contributed by atoms with E-state index in [0.29, 0.717) is 21.7 Å². The van der Waals surface area contributed by atoms with Crippen LogP contribution < -0.4 is 10.8 Å². The van der Waals surface area contributed by atoms with Gasteiger partial charge in [0.25, 0.3) is 0 Å². The predicted molar refractivity (Wildman–Crippen MR) is 82.3 cm³/mol. The van der Waals surface area contributed by atoms with Crippen LogP contribution in [0, 0.1) is 12.7 Å². The Hall–Kier alpha value is -1.63. The molecule has 2 rings (SSSR count). The molecule has 0 spiro atoms. The van der Waals surface area contributed by atoms with Gasteiger partial charge in [-0.15, -0.1) is 0 Å². The Morgan fingerprint density at radius 3 is 2.75 bits per heavy atom. The number of thiazole rings is 1. The summed E-state index contributed by atoms with van der Waals surface area (Å²) in [5.74, 6) is -0.258. The number of benzene rings is 1. The second-order valence-corrected chi connectivity index (χ2v) is 6.66. The lowest BCUT2D eigenvalue weighted by atomic mass is 9.92. The Morgan fingerprint density at radius 2 is 2.15 bits per heavy atom. The van der Waals surface area contributed by atoms with Gasteiger partial charge >= 0.3 is 6.09 Å². The molecular weight excluding hydrogens is 278 g/mol. The second-order valence-electron chi connectivity index (χ2n) is 5.63. The van der Waals surface area contributed by atoms with E-state index < -0.39 is 11.7 Å². The Labute approximate surface area is 121 Å². The molecular formula is C13H16BFN2O2S. The molecule has 1 heterocycles. The number of hydrogen-bond donors (Lipinski definition) is 1. The molecule has 0 aliphatic rings. The van der Waals surface area contributed by atoms with E-state index in [1.165, 1.54) is 11.3 Å². The first-order valence-corrected chi connectivity index (χ1v) is 7.05. The predicted octanol–water partition coefficient (Wildman–Crippen LogP) is 2.35. The van der Waals surface area contributed by atoms with Gasteiger partial charge in [0, 0.05) is 0 Å². The number of anilines is 1. The molecule has 0 saturated heterocycles. The van der Waals surface area contributed by atoms with Crippen LogP contribution in [0.15, 0.2) is 6.07 Å². The molecule has 0 fully saturated rings. The monoisotopic (exact) mass is 294 g/mol. The van der Waals surface area contributed by atoms with Crippen molar-refractivity contribution in [3.05, 3.63) is 17.4 Å². The number of amides is 1. The van der Waals surface area contributed by atoms with Gasteiger partial charge < -0.3 is 4.74 Å². The molecule has 2 aromatic rings. The zero-order valence-corrected chi connectivity index (χ0v) is 12.9. The highest BCUT2D eigenvalue weighted by molar-refractivity contribution is 7.22. The molecule has 7 heteroatoms. The van der Waals surface area contributed by atoms with Crippen LogP contribution in [-0.2, 0) is 4.74 Å². The van der Waals surface area contributed by atoms with Crippen molar-refractivity contribution in [2.24, 2.45) is 0 Å². The third-order valence-electron chi connectivity index (χ3n) is 2.64. The Bertz CT molecular complexity index is 679. The Morgan fingerprint density at radius 1 is 1.50 bits per heavy atom. The van der Waals surface area contributed by atoms with Crippen molar-refractivity contribution >= 4 is 46.1 Å². The third kappa shape index (κ3) is 3.09. The summed E-state index contributed by atoms with van der Waals surface area (Å²) >= 11 is 1.30. The number of rotatable bonds is 1. The number of aromatic nitrogens is 1. The molecule has 0 aliphatic heterocycles. The van der Waals surface area contributed by atoms with E-state index in [-0.39, 0.29) is 5.82 Å². The zero-order valence-electron chi connectivity index (χ0n) is 12.1. The molecule has 1 aromatic carbocycles. The molecule has 4 nitrogen and oxygen atoms in total. The summed E-state index contributed by atoms with van der Waals surface area (Å²) in [6.45, 7) is 7.07. The summed E-state index contributed by atoms with van der Waals surface area (Å²) in [6, 6.07) is 1.73. The summed E-state index contributed by atoms with van der Waals surface area (Å²) < 4.78 is 19.8. The highest BCUT2D eigenvalue weighted by atomic mass is 32.1. The topological polar surface area (TPSA) is 51.2 Å². The molecule has 0 saturated carbocycles. The van der Waals surface area contributed by atoms with Crippen molar-refractivity contribution in [1.29, 1.82) is 0 Å². The minimum Gasteiger partial charge on any atom is -0.444 e. The minimum atomic E-state index is -0.570. The number of nitrogens with one attached hydrogen (secondary N) is 1. The molecule has 1 aromatic heterocycles. The van der Waals surface area contributed by atoms with E-state index >= 15 is 0 Å². The van der Waals surface area contributed by atoms with E-state index in [1.807, 2.05) is 0 Å². The van der Waals surface area contributed by atoms with Crippen LogP contribution in [0.4, 0.5) is 14.3 Å². The number of nitrogens with zero attached hydrogens (tertiary/aromatic N) is 1. The lowest BCUT2D eigenvalue weighted by molar-refractivity contribution is 0.0636. The number of hydrogen-bond acceptors (Lipinski definition) is 4. The molecule has 20 heavy (non-hydrogen) atoms. The number of fused-ring (bicyclic) bond motifs is 1. The van der Waals surface area contributed by atoms with Gasteiger partial charge in [-0.25, -0.2) is 14.2 Å². The maximum absolute atomic E-state index is 13.8. The largest absolute Gasteiger partial charge is 0.444 e. The third-order valence-corrected chi connectivity index (χ3v) is 3.56. The lowest BCUT2D eigenvalue weighted by Gasteiger charge is -2.18. The SMILES string of the molecule is Bc1c(F)c(C)cc2sc(NC(=O)OC(C)(C)C)nc12. The molecule has 1 amide bonds. The Balaban J connectivity index is 2.29. The number of ether oxygens (including phenoxy) is 1. The molecule has 106 valence electrons. The van der Waals surface area contributed by atoms with Crippen LogP contribution in [0.2, 0.25) is 0 Å². The summed E-state index contributed by atoms with van der Waals surface area (Å²) in [4.78, 5) is 15.9. The first-order chi connectivity index (χ1) is 9.17. The van der Waals surface area contributed by atoms with Crippen LogP contribution >= 0.6 is 11.3 Å². The van der Waals surface area contributed by atoms with Crippen molar-refractivity contribution in [2.75, 3.05) is 5.32 Å². The van der Waals surface area contributed by atoms with Gasteiger partial charge in [-0.3, -0.25) is 5.32 Å². The van der Waals surface area contributed by atoms with Crippen molar-refractivity contribution in [3.8, 4) is 0 Å². The van der Waals surface area contributed by atoms with E-state index in [9.17, 15) is 9.18 Å². The maximum Gasteiger partial charge on any atom is 0.413 e. The van der Waals surface area contributed by atoms with Crippen LogP contribution in [0.5, 0.6) is 0 Å². The molecule has 0 atom stereocenters. The van der Waals surface area contributed by atoms with Crippen molar-refractivity contribution in [3.63, 3.8) is 0 Å². The second kappa shape index (κ2) is 5.05. The fourth-order valence-corrected chi connectivity index (χ4v) is 2.81. The molecule has 1 N–H and O–H groups in total. The highest BCUT2D eigenvalue weighted by Gasteiger charge is 2.18. The van der Waals surface area contributed by atoms with Crippen molar-refractivity contribution in [1.82, 2.24) is 4.98 Å². The average molecular weight is 294 g/mol. The van der Waals surface area contributed by atoms with E-state index in [0.717, 1.165) is 4.70 Å². The quantitative estimate of drug-likeness (QED) is 0.821. The summed E-state index contributed by atoms with van der Waals surface area (Å²) in [7, 11) is 1.68. The fourth-order valence-electron chi connectivity index (χ4n) is 1.80. The van der Waals surface area contributed by atoms with Gasteiger partial charge in [-0.1, -0.05) is 11.3 Å². The first kappa shape index (κ1) is 14.8. The zero-order chi connectivity index (χ0) is 15.1. The van der Waals surface area contributed by atoms with Gasteiger partial charge in [0.15, 0.2) is 5.13 Å². The summed E-state index contributed by atoms with van der Waals surface area (Å²) in [6.07, 6.45) is -0.564. The average Bonchev–Trinajstić information content (AvgIpc) is 2.66. The lowest BCUT2D eigenvalue weighted by Crippen LogP contribution is -2.27. The molecule has 0 aliphatic carbocycles. The maximum atomic E-state index is 13.8. The Kier molecular flexibility index (Phi) is 3.73. The van der Waals surface area contributed by atoms with Crippen LogP contribution in [-0.4, -0.2) is 24.5 Å². The fraction of sp³-hybridized carbons (Fsp3) is 0.385. The number of aryl methyl sites for hydroxylation is 1. The van der Waals surface area contributed by atoms with Crippen molar-refractivity contribution in [2.45, 2.75) is 33.3 Å². The van der Waals surface area contributed by atoms with E-state index in [4.69, 9.17) is 4.74 Å². The van der Waals surface area contributed by atoms with Gasteiger partial charge in [-0.2, -0.15) is 0 Å². The highest BCUT2D eigenvalue weighted by Crippen LogP contribution is 2.27. The van der Waals surface area contributed by atoms with Crippen molar-refractivity contribution < 1.29 is 13.9 Å². The number of halogens is 1. The summed E-state index contributed by atoms with van der Waals surface area (Å²) in [5.41, 5.74) is 1.07. The van der Waals surface area contributed by atoms with Crippen LogP contribution in [0.1, 0.15) is 26.3 Å². The minimum absolute atomic E-state index is 0.258. The first-order valence-electron chi connectivity index (χ1n) is 6.23. The molecule has 0 bridgehead atoms. The van der Waals surface area contributed by atoms with Crippen LogP contribution in [0.3, 0.4) is 0 Å². The standard InChI is InChI=1S/C13H16BFN2O2S/c1-6-5-7-10(8(14)9(6)15)16-11(20-7)17-12(18)19-13(2,3)4/h5H,14H2,1-4H3,(H,16,17,18). The molecule has 0 radical (unpaired) electrons. The van der Waals surface area contributed by atoms with Crippen LogP contribution in [0.25, 0.3) is 10.2 Å². The van der Waals surface area contributed by atoms with Gasteiger partial charge in [-0.05, 0) is 44.8 Å². The molecule has 0 unspecified atom stereocenters. The smallest absolute Gasteiger partial charge is 0.413 e. The van der Waals surface area contributed by atoms with Gasteiger partial charge in [0.05, 0.1) is 10.2 Å². The van der Waals surface area contributed by atoms with E-state index in [2.05, 4.69) is 10.3 Å². The van der Waals surface area contributed by atoms with Gasteiger partial charge in [0.1, 0.15) is 19.3 Å². The van der Waals surface area contributed by atoms with E-state index in [1.54, 1.807) is 41.6 Å². The van der Waals surface area contributed by atoms with Gasteiger partial charge in [0.2, 0.25) is 0 Å². The number of carbonyl (C=O) groups excluding carboxylic acids is 1. The normalized spacial score (nSPS) is 11.7.